The Labute approximate surface area is 164 Å². The van der Waals surface area contributed by atoms with Gasteiger partial charge in [0, 0.05) is 29.3 Å². The average Bonchev–Trinajstić information content (AvgIpc) is 2.61. The monoisotopic (exact) mass is 394 g/mol. The summed E-state index contributed by atoms with van der Waals surface area (Å²) in [5, 5.41) is 7.41. The fourth-order valence-corrected chi connectivity index (χ4v) is 2.88. The van der Waals surface area contributed by atoms with Gasteiger partial charge >= 0.3 is 0 Å². The zero-order valence-electron chi connectivity index (χ0n) is 15.1. The highest BCUT2D eigenvalue weighted by molar-refractivity contribution is 6.35. The van der Waals surface area contributed by atoms with Crippen molar-refractivity contribution in [3.8, 4) is 0 Å². The second-order valence-electron chi connectivity index (χ2n) is 6.26. The summed E-state index contributed by atoms with van der Waals surface area (Å²) >= 11 is 12.1. The standard InChI is InChI=1S/C19H24Cl2N4O/c1-25(2)11-3-9-23-19(26)15-5-7-18(24-13-15)22-10-8-14-4-6-16(20)12-17(14)21/h4-7,12-13H,3,8-11H2,1-2H3,(H,22,24)(H,23,26). The number of rotatable bonds is 9. The van der Waals surface area contributed by atoms with E-state index in [1.54, 1.807) is 24.4 Å². The molecule has 5 nitrogen and oxygen atoms in total. The van der Waals surface area contributed by atoms with Crippen molar-refractivity contribution in [1.29, 1.82) is 0 Å². The smallest absolute Gasteiger partial charge is 0.252 e. The lowest BCUT2D eigenvalue weighted by atomic mass is 10.1. The molecule has 2 rings (SSSR count). The predicted octanol–water partition coefficient (Wildman–Crippen LogP) is 3.72. The van der Waals surface area contributed by atoms with Crippen molar-refractivity contribution in [2.75, 3.05) is 39.0 Å². The zero-order valence-corrected chi connectivity index (χ0v) is 16.6. The van der Waals surface area contributed by atoms with Gasteiger partial charge in [-0.2, -0.15) is 0 Å². The van der Waals surface area contributed by atoms with Gasteiger partial charge in [0.1, 0.15) is 5.82 Å². The lowest BCUT2D eigenvalue weighted by molar-refractivity contribution is 0.0952. The lowest BCUT2D eigenvalue weighted by Gasteiger charge is -2.10. The van der Waals surface area contributed by atoms with Gasteiger partial charge in [0.25, 0.3) is 5.91 Å². The molecule has 1 amide bonds. The maximum atomic E-state index is 12.1. The fourth-order valence-electron chi connectivity index (χ4n) is 2.38. The maximum Gasteiger partial charge on any atom is 0.252 e. The van der Waals surface area contributed by atoms with Crippen LogP contribution in [0.3, 0.4) is 0 Å². The molecule has 2 aromatic rings. The van der Waals surface area contributed by atoms with Crippen LogP contribution in [0.25, 0.3) is 0 Å². The van der Waals surface area contributed by atoms with Crippen molar-refractivity contribution in [1.82, 2.24) is 15.2 Å². The number of halogens is 2. The van der Waals surface area contributed by atoms with E-state index in [1.165, 1.54) is 0 Å². The fraction of sp³-hybridized carbons (Fsp3) is 0.368. The summed E-state index contributed by atoms with van der Waals surface area (Å²) in [6.07, 6.45) is 3.25. The Morgan fingerprint density at radius 2 is 1.96 bits per heavy atom. The number of pyridine rings is 1. The van der Waals surface area contributed by atoms with Gasteiger partial charge in [-0.3, -0.25) is 4.79 Å². The molecule has 0 atom stereocenters. The zero-order chi connectivity index (χ0) is 18.9. The molecule has 26 heavy (non-hydrogen) atoms. The topological polar surface area (TPSA) is 57.3 Å². The molecule has 0 spiro atoms. The van der Waals surface area contributed by atoms with Crippen molar-refractivity contribution in [2.24, 2.45) is 0 Å². The number of nitrogens with one attached hydrogen (secondary N) is 2. The van der Waals surface area contributed by atoms with Gasteiger partial charge in [0.05, 0.1) is 5.56 Å². The highest BCUT2D eigenvalue weighted by Gasteiger charge is 2.06. The molecule has 140 valence electrons. The number of benzene rings is 1. The van der Waals surface area contributed by atoms with Crippen LogP contribution in [-0.4, -0.2) is 49.5 Å². The first-order valence-corrected chi connectivity index (χ1v) is 9.28. The molecule has 0 aliphatic rings. The van der Waals surface area contributed by atoms with Crippen molar-refractivity contribution in [2.45, 2.75) is 12.8 Å². The Morgan fingerprint density at radius 3 is 2.62 bits per heavy atom. The molecule has 0 bridgehead atoms. The molecule has 0 aliphatic carbocycles. The first-order chi connectivity index (χ1) is 12.5. The van der Waals surface area contributed by atoms with Crippen LogP contribution in [0, 0.1) is 0 Å². The van der Waals surface area contributed by atoms with Gasteiger partial charge in [-0.1, -0.05) is 29.3 Å². The number of hydrogen-bond donors (Lipinski definition) is 2. The van der Waals surface area contributed by atoms with E-state index in [9.17, 15) is 4.79 Å². The molecular formula is C19H24Cl2N4O. The van der Waals surface area contributed by atoms with Crippen LogP contribution in [0.1, 0.15) is 22.3 Å². The molecular weight excluding hydrogens is 371 g/mol. The lowest BCUT2D eigenvalue weighted by Crippen LogP contribution is -2.27. The predicted molar refractivity (Wildman–Crippen MR) is 108 cm³/mol. The first-order valence-electron chi connectivity index (χ1n) is 8.52. The molecule has 1 heterocycles. The van der Waals surface area contributed by atoms with E-state index in [0.717, 1.165) is 30.8 Å². The van der Waals surface area contributed by atoms with Gasteiger partial charge in [0.2, 0.25) is 0 Å². The van der Waals surface area contributed by atoms with Gasteiger partial charge in [-0.25, -0.2) is 4.98 Å². The molecule has 1 aromatic carbocycles. The number of nitrogens with zero attached hydrogens (tertiary/aromatic N) is 2. The summed E-state index contributed by atoms with van der Waals surface area (Å²) in [4.78, 5) is 18.4. The molecule has 7 heteroatoms. The minimum absolute atomic E-state index is 0.101. The Kier molecular flexibility index (Phi) is 8.16. The van der Waals surface area contributed by atoms with Gasteiger partial charge in [0.15, 0.2) is 0 Å². The molecule has 2 N–H and O–H groups in total. The summed E-state index contributed by atoms with van der Waals surface area (Å²) in [5.41, 5.74) is 1.58. The average molecular weight is 395 g/mol. The van der Waals surface area contributed by atoms with Crippen LogP contribution in [-0.2, 0) is 6.42 Å². The van der Waals surface area contributed by atoms with Crippen LogP contribution in [0.5, 0.6) is 0 Å². The minimum atomic E-state index is -0.101. The molecule has 0 saturated heterocycles. The highest BCUT2D eigenvalue weighted by Crippen LogP contribution is 2.21. The van der Waals surface area contributed by atoms with Crippen molar-refractivity contribution in [3.63, 3.8) is 0 Å². The minimum Gasteiger partial charge on any atom is -0.370 e. The molecule has 1 aromatic heterocycles. The second kappa shape index (κ2) is 10.4. The Balaban J connectivity index is 1.77. The summed E-state index contributed by atoms with van der Waals surface area (Å²) in [6.45, 7) is 2.28. The number of amides is 1. The van der Waals surface area contributed by atoms with E-state index < -0.39 is 0 Å². The summed E-state index contributed by atoms with van der Waals surface area (Å²) in [5.74, 6) is 0.620. The van der Waals surface area contributed by atoms with Crippen LogP contribution in [0.4, 0.5) is 5.82 Å². The van der Waals surface area contributed by atoms with Gasteiger partial charge in [-0.05, 0) is 63.3 Å². The molecule has 0 unspecified atom stereocenters. The summed E-state index contributed by atoms with van der Waals surface area (Å²) < 4.78 is 0. The number of carbonyl (C=O) groups excluding carboxylic acids is 1. The van der Waals surface area contributed by atoms with E-state index in [2.05, 4.69) is 20.5 Å². The molecule has 0 fully saturated rings. The third-order valence-corrected chi connectivity index (χ3v) is 4.40. The van der Waals surface area contributed by atoms with E-state index in [4.69, 9.17) is 23.2 Å². The van der Waals surface area contributed by atoms with Crippen molar-refractivity contribution < 1.29 is 4.79 Å². The normalized spacial score (nSPS) is 10.8. The Bertz CT molecular complexity index is 720. The number of anilines is 1. The molecule has 0 saturated carbocycles. The van der Waals surface area contributed by atoms with Gasteiger partial charge in [-0.15, -0.1) is 0 Å². The van der Waals surface area contributed by atoms with E-state index in [0.29, 0.717) is 28.7 Å². The Hall–Kier alpha value is -1.82. The first kappa shape index (κ1) is 20.5. The van der Waals surface area contributed by atoms with Crippen molar-refractivity contribution >= 4 is 34.9 Å². The van der Waals surface area contributed by atoms with E-state index >= 15 is 0 Å². The second-order valence-corrected chi connectivity index (χ2v) is 7.10. The SMILES string of the molecule is CN(C)CCCNC(=O)c1ccc(NCCc2ccc(Cl)cc2Cl)nc1. The summed E-state index contributed by atoms with van der Waals surface area (Å²) in [6, 6.07) is 9.06. The van der Waals surface area contributed by atoms with E-state index in [1.807, 2.05) is 26.2 Å². The highest BCUT2D eigenvalue weighted by atomic mass is 35.5. The van der Waals surface area contributed by atoms with Gasteiger partial charge < -0.3 is 15.5 Å². The third-order valence-electron chi connectivity index (χ3n) is 3.81. The molecule has 0 radical (unpaired) electrons. The quantitative estimate of drug-likeness (QED) is 0.636. The van der Waals surface area contributed by atoms with Crippen LogP contribution in [0.2, 0.25) is 10.0 Å². The maximum absolute atomic E-state index is 12.1. The van der Waals surface area contributed by atoms with Crippen LogP contribution >= 0.6 is 23.2 Å². The van der Waals surface area contributed by atoms with Crippen molar-refractivity contribution in [3.05, 3.63) is 57.7 Å². The van der Waals surface area contributed by atoms with Crippen LogP contribution in [0.15, 0.2) is 36.5 Å². The third kappa shape index (κ3) is 6.83. The largest absolute Gasteiger partial charge is 0.370 e. The number of carbonyl (C=O) groups is 1. The number of aromatic nitrogens is 1. The molecule has 0 aliphatic heterocycles. The van der Waals surface area contributed by atoms with Crippen LogP contribution < -0.4 is 10.6 Å². The summed E-state index contributed by atoms with van der Waals surface area (Å²) in [7, 11) is 4.02. The van der Waals surface area contributed by atoms with E-state index in [-0.39, 0.29) is 5.91 Å². The Morgan fingerprint density at radius 1 is 1.15 bits per heavy atom. The number of hydrogen-bond acceptors (Lipinski definition) is 4.